The van der Waals surface area contributed by atoms with Gasteiger partial charge in [-0.1, -0.05) is 13.8 Å². The molecule has 120 valence electrons. The van der Waals surface area contributed by atoms with Gasteiger partial charge in [-0.25, -0.2) is 4.98 Å². The largest absolute Gasteiger partial charge is 0.338 e. The van der Waals surface area contributed by atoms with Crippen LogP contribution in [0.3, 0.4) is 0 Å². The maximum Gasteiger partial charge on any atom is 0.264 e. The molecular formula is C16H23N3O2S. The molecule has 0 radical (unpaired) electrons. The zero-order chi connectivity index (χ0) is 16.4. The summed E-state index contributed by atoms with van der Waals surface area (Å²) >= 11 is 1.33. The van der Waals surface area contributed by atoms with Crippen molar-refractivity contribution in [2.75, 3.05) is 13.1 Å². The third-order valence-corrected chi connectivity index (χ3v) is 5.04. The molecule has 0 unspecified atom stereocenters. The fraction of sp³-hybridized carbons (Fsp3) is 0.562. The number of hydrogen-bond acceptors (Lipinski definition) is 4. The number of hydrogen-bond donors (Lipinski definition) is 0. The molecular weight excluding hydrogens is 298 g/mol. The van der Waals surface area contributed by atoms with Gasteiger partial charge in [-0.2, -0.15) is 0 Å². The second-order valence-corrected chi connectivity index (χ2v) is 6.55. The first-order chi connectivity index (χ1) is 10.4. The summed E-state index contributed by atoms with van der Waals surface area (Å²) in [5.41, 5.74) is 0.683. The summed E-state index contributed by atoms with van der Waals surface area (Å²) in [6.45, 7) is 9.26. The Morgan fingerprint density at radius 2 is 1.82 bits per heavy atom. The van der Waals surface area contributed by atoms with E-state index in [-0.39, 0.29) is 11.5 Å². The van der Waals surface area contributed by atoms with E-state index in [1.54, 1.807) is 14.0 Å². The number of fused-ring (bicyclic) bond motifs is 1. The van der Waals surface area contributed by atoms with Crippen molar-refractivity contribution in [1.29, 1.82) is 0 Å². The topological polar surface area (TPSA) is 55.2 Å². The highest BCUT2D eigenvalue weighted by molar-refractivity contribution is 7.20. The lowest BCUT2D eigenvalue weighted by Crippen LogP contribution is -2.32. The molecule has 2 aromatic rings. The summed E-state index contributed by atoms with van der Waals surface area (Å²) in [7, 11) is 1.71. The fourth-order valence-electron chi connectivity index (χ4n) is 2.57. The van der Waals surface area contributed by atoms with Gasteiger partial charge in [-0.3, -0.25) is 14.2 Å². The number of thiophene rings is 1. The van der Waals surface area contributed by atoms with Crippen LogP contribution in [0.15, 0.2) is 4.79 Å². The number of rotatable bonds is 5. The Hall–Kier alpha value is -1.69. The van der Waals surface area contributed by atoms with Crippen molar-refractivity contribution in [2.24, 2.45) is 7.05 Å². The fourth-order valence-corrected chi connectivity index (χ4v) is 3.75. The standard InChI is InChI=1S/C16H23N3O2S/c1-6-8-19(9-7-2)16(21)13-10(3)12-14(22-13)17-11(4)18(5)15(12)20/h6-9H2,1-5H3. The van der Waals surface area contributed by atoms with Crippen molar-refractivity contribution in [1.82, 2.24) is 14.5 Å². The average Bonchev–Trinajstić information content (AvgIpc) is 2.80. The van der Waals surface area contributed by atoms with Crippen LogP contribution in [0.1, 0.15) is 47.7 Å². The second-order valence-electron chi connectivity index (χ2n) is 5.55. The highest BCUT2D eigenvalue weighted by Crippen LogP contribution is 2.28. The number of carbonyl (C=O) groups is 1. The molecule has 2 heterocycles. The zero-order valence-electron chi connectivity index (χ0n) is 13.9. The summed E-state index contributed by atoms with van der Waals surface area (Å²) in [4.78, 5) is 32.9. The van der Waals surface area contributed by atoms with Gasteiger partial charge in [0.05, 0.1) is 10.3 Å². The van der Waals surface area contributed by atoms with Crippen LogP contribution < -0.4 is 5.56 Å². The molecule has 0 saturated carbocycles. The van der Waals surface area contributed by atoms with Crippen molar-refractivity contribution >= 4 is 27.5 Å². The van der Waals surface area contributed by atoms with Gasteiger partial charge in [0.1, 0.15) is 10.7 Å². The highest BCUT2D eigenvalue weighted by atomic mass is 32.1. The molecule has 0 fully saturated rings. The summed E-state index contributed by atoms with van der Waals surface area (Å²) in [5.74, 6) is 0.681. The van der Waals surface area contributed by atoms with Crippen LogP contribution in [-0.2, 0) is 7.05 Å². The molecule has 0 atom stereocenters. The van der Waals surface area contributed by atoms with E-state index in [0.717, 1.165) is 31.5 Å². The SMILES string of the molecule is CCCN(CCC)C(=O)c1sc2nc(C)n(C)c(=O)c2c1C. The van der Waals surface area contributed by atoms with Gasteiger partial charge in [-0.15, -0.1) is 11.3 Å². The van der Waals surface area contributed by atoms with E-state index in [4.69, 9.17) is 0 Å². The minimum absolute atomic E-state index is 0.0175. The molecule has 22 heavy (non-hydrogen) atoms. The molecule has 2 aromatic heterocycles. The predicted molar refractivity (Wildman–Crippen MR) is 90.8 cm³/mol. The molecule has 6 heteroatoms. The van der Waals surface area contributed by atoms with E-state index in [1.165, 1.54) is 15.9 Å². The first-order valence-corrected chi connectivity index (χ1v) is 8.49. The van der Waals surface area contributed by atoms with Gasteiger partial charge >= 0.3 is 0 Å². The van der Waals surface area contributed by atoms with E-state index >= 15 is 0 Å². The van der Waals surface area contributed by atoms with E-state index in [2.05, 4.69) is 18.8 Å². The Morgan fingerprint density at radius 3 is 2.36 bits per heavy atom. The molecule has 5 nitrogen and oxygen atoms in total. The third-order valence-electron chi connectivity index (χ3n) is 3.86. The second kappa shape index (κ2) is 6.60. The maximum atomic E-state index is 12.8. The van der Waals surface area contributed by atoms with Crippen molar-refractivity contribution < 1.29 is 4.79 Å². The molecule has 2 rings (SSSR count). The molecule has 0 aliphatic heterocycles. The minimum Gasteiger partial charge on any atom is -0.338 e. The van der Waals surface area contributed by atoms with Gasteiger partial charge in [-0.05, 0) is 32.3 Å². The predicted octanol–water partition coefficient (Wildman–Crippen LogP) is 2.87. The van der Waals surface area contributed by atoms with Crippen LogP contribution in [0.2, 0.25) is 0 Å². The number of aromatic nitrogens is 2. The van der Waals surface area contributed by atoms with E-state index in [9.17, 15) is 9.59 Å². The number of amides is 1. The van der Waals surface area contributed by atoms with Crippen molar-refractivity contribution in [3.63, 3.8) is 0 Å². The maximum absolute atomic E-state index is 12.8. The summed E-state index contributed by atoms with van der Waals surface area (Å²) < 4.78 is 1.53. The molecule has 0 aromatic carbocycles. The molecule has 0 saturated heterocycles. The van der Waals surface area contributed by atoms with E-state index < -0.39 is 0 Å². The minimum atomic E-state index is -0.0761. The lowest BCUT2D eigenvalue weighted by Gasteiger charge is -2.21. The molecule has 0 aliphatic carbocycles. The lowest BCUT2D eigenvalue weighted by atomic mass is 10.2. The van der Waals surface area contributed by atoms with Crippen LogP contribution in [0.25, 0.3) is 10.2 Å². The Balaban J connectivity index is 2.57. The van der Waals surface area contributed by atoms with E-state index in [0.29, 0.717) is 20.9 Å². The molecule has 0 spiro atoms. The normalized spacial score (nSPS) is 11.1. The third kappa shape index (κ3) is 2.79. The quantitative estimate of drug-likeness (QED) is 0.851. The summed E-state index contributed by atoms with van der Waals surface area (Å²) in [5, 5.41) is 0.578. The molecule has 1 amide bonds. The van der Waals surface area contributed by atoms with Crippen LogP contribution in [0, 0.1) is 13.8 Å². The monoisotopic (exact) mass is 321 g/mol. The van der Waals surface area contributed by atoms with Gasteiger partial charge in [0.2, 0.25) is 0 Å². The van der Waals surface area contributed by atoms with Gasteiger partial charge < -0.3 is 4.90 Å². The summed E-state index contributed by atoms with van der Waals surface area (Å²) in [6, 6.07) is 0. The Bertz CT molecular complexity index is 755. The number of carbonyl (C=O) groups excluding carboxylic acids is 1. The smallest absolute Gasteiger partial charge is 0.264 e. The Morgan fingerprint density at radius 1 is 1.23 bits per heavy atom. The lowest BCUT2D eigenvalue weighted by molar-refractivity contribution is 0.0760. The molecule has 0 N–H and O–H groups in total. The first-order valence-electron chi connectivity index (χ1n) is 7.68. The van der Waals surface area contributed by atoms with Crippen molar-refractivity contribution in [2.45, 2.75) is 40.5 Å². The Labute approximate surface area is 134 Å². The van der Waals surface area contributed by atoms with Crippen molar-refractivity contribution in [3.05, 3.63) is 26.6 Å². The van der Waals surface area contributed by atoms with Crippen molar-refractivity contribution in [3.8, 4) is 0 Å². The zero-order valence-corrected chi connectivity index (χ0v) is 14.7. The van der Waals surface area contributed by atoms with Gasteiger partial charge in [0.25, 0.3) is 11.5 Å². The molecule has 0 aliphatic rings. The number of nitrogens with zero attached hydrogens (tertiary/aromatic N) is 3. The molecule has 0 bridgehead atoms. The van der Waals surface area contributed by atoms with Gasteiger partial charge in [0, 0.05) is 20.1 Å². The van der Waals surface area contributed by atoms with E-state index in [1.807, 2.05) is 11.8 Å². The Kier molecular flexibility index (Phi) is 5.01. The van der Waals surface area contributed by atoms with Gasteiger partial charge in [0.15, 0.2) is 0 Å². The van der Waals surface area contributed by atoms with Crippen LogP contribution in [-0.4, -0.2) is 33.4 Å². The van der Waals surface area contributed by atoms with Crippen LogP contribution in [0.5, 0.6) is 0 Å². The first kappa shape index (κ1) is 16.7. The average molecular weight is 321 g/mol. The number of aryl methyl sites for hydroxylation is 2. The summed E-state index contributed by atoms with van der Waals surface area (Å²) in [6.07, 6.45) is 1.85. The van der Waals surface area contributed by atoms with Crippen LogP contribution in [0.4, 0.5) is 0 Å². The highest BCUT2D eigenvalue weighted by Gasteiger charge is 2.23. The van der Waals surface area contributed by atoms with Crippen LogP contribution >= 0.6 is 11.3 Å².